The molecule has 1 aromatic carbocycles. The fourth-order valence-electron chi connectivity index (χ4n) is 1.55. The van der Waals surface area contributed by atoms with Gasteiger partial charge in [0.25, 0.3) is 0 Å². The molecule has 1 aliphatic carbocycles. The van der Waals surface area contributed by atoms with Crippen LogP contribution in [0.25, 0.3) is 5.76 Å². The maximum atomic E-state index is 11.6. The van der Waals surface area contributed by atoms with Gasteiger partial charge < -0.3 is 5.11 Å². The van der Waals surface area contributed by atoms with Crippen molar-refractivity contribution in [2.45, 2.75) is 0 Å². The van der Waals surface area contributed by atoms with E-state index in [0.29, 0.717) is 4.47 Å². The average Bonchev–Trinajstić information content (AvgIpc) is 2.25. The maximum Gasteiger partial charge on any atom is 0.362 e. The van der Waals surface area contributed by atoms with E-state index in [-0.39, 0.29) is 11.1 Å². The zero-order valence-electron chi connectivity index (χ0n) is 8.14. The van der Waals surface area contributed by atoms with Gasteiger partial charge in [0.15, 0.2) is 0 Å². The first-order valence-electron chi connectivity index (χ1n) is 4.40. The van der Waals surface area contributed by atoms with Gasteiger partial charge in [0.1, 0.15) is 0 Å². The number of hydrogen-bond donors (Lipinski definition) is 1. The topological polar surface area (TPSA) is 97.5 Å². The monoisotopic (exact) mass is 297 g/mol. The summed E-state index contributed by atoms with van der Waals surface area (Å²) in [6, 6.07) is 4.18. The Morgan fingerprint density at radius 3 is 2.41 bits per heavy atom. The van der Waals surface area contributed by atoms with Gasteiger partial charge in [-0.05, 0) is 18.2 Å². The van der Waals surface area contributed by atoms with Crippen molar-refractivity contribution in [2.75, 3.05) is 0 Å². The number of nitro groups is 1. The van der Waals surface area contributed by atoms with Crippen molar-refractivity contribution >= 4 is 33.3 Å². The molecular formula is C10H4BrNO5. The lowest BCUT2D eigenvalue weighted by molar-refractivity contribution is -0.418. The smallest absolute Gasteiger partial charge is 0.362 e. The second-order valence-electron chi connectivity index (χ2n) is 3.30. The number of carbonyl (C=O) groups excluding carboxylic acids is 2. The van der Waals surface area contributed by atoms with Crippen LogP contribution in [-0.4, -0.2) is 21.6 Å². The Labute approximate surface area is 103 Å². The molecule has 0 bridgehead atoms. The summed E-state index contributed by atoms with van der Waals surface area (Å²) < 4.78 is 0.537. The first-order chi connectivity index (χ1) is 7.93. The third-order valence-electron chi connectivity index (χ3n) is 2.31. The van der Waals surface area contributed by atoms with E-state index in [4.69, 9.17) is 0 Å². The number of aliphatic hydroxyl groups excluding tert-OH is 1. The van der Waals surface area contributed by atoms with Crippen LogP contribution in [0.2, 0.25) is 0 Å². The average molecular weight is 298 g/mol. The van der Waals surface area contributed by atoms with E-state index in [1.165, 1.54) is 18.2 Å². The van der Waals surface area contributed by atoms with E-state index in [9.17, 15) is 24.8 Å². The van der Waals surface area contributed by atoms with Crippen LogP contribution in [0, 0.1) is 10.1 Å². The van der Waals surface area contributed by atoms with E-state index >= 15 is 0 Å². The number of allylic oxidation sites excluding steroid dienone is 1. The van der Waals surface area contributed by atoms with Crippen LogP contribution >= 0.6 is 15.9 Å². The third kappa shape index (κ3) is 1.64. The first-order valence-corrected chi connectivity index (χ1v) is 5.19. The largest absolute Gasteiger partial charge is 0.502 e. The lowest BCUT2D eigenvalue weighted by Crippen LogP contribution is -2.27. The molecule has 0 saturated carbocycles. The van der Waals surface area contributed by atoms with Crippen LogP contribution in [0.15, 0.2) is 28.4 Å². The van der Waals surface area contributed by atoms with Crippen molar-refractivity contribution in [1.82, 2.24) is 0 Å². The van der Waals surface area contributed by atoms with Crippen LogP contribution in [0.5, 0.6) is 0 Å². The number of Topliss-reactive ketones (excluding diaryl/α,β-unsaturated/α-hetero) is 2. The number of aliphatic hydroxyl groups is 1. The lowest BCUT2D eigenvalue weighted by atomic mass is 9.92. The van der Waals surface area contributed by atoms with Crippen LogP contribution < -0.4 is 0 Å². The molecule has 0 heterocycles. The van der Waals surface area contributed by atoms with Gasteiger partial charge in [-0.25, -0.2) is 0 Å². The van der Waals surface area contributed by atoms with Crippen molar-refractivity contribution in [3.63, 3.8) is 0 Å². The molecule has 86 valence electrons. The normalized spacial score (nSPS) is 14.9. The molecule has 6 nitrogen and oxygen atoms in total. The SMILES string of the molecule is O=C1C(=O)c2cc(Br)ccc2C(O)=C1[N+](=O)[O-]. The Morgan fingerprint density at radius 1 is 1.18 bits per heavy atom. The summed E-state index contributed by atoms with van der Waals surface area (Å²) in [4.78, 5) is 32.6. The summed E-state index contributed by atoms with van der Waals surface area (Å²) in [5.41, 5.74) is -1.14. The minimum atomic E-state index is -1.31. The fraction of sp³-hybridized carbons (Fsp3) is 0. The van der Waals surface area contributed by atoms with Gasteiger partial charge in [-0.3, -0.25) is 19.7 Å². The Morgan fingerprint density at radius 2 is 1.82 bits per heavy atom. The van der Waals surface area contributed by atoms with Gasteiger partial charge in [0, 0.05) is 15.6 Å². The predicted molar refractivity (Wildman–Crippen MR) is 60.0 cm³/mol. The highest BCUT2D eigenvalue weighted by atomic mass is 79.9. The van der Waals surface area contributed by atoms with Gasteiger partial charge in [-0.1, -0.05) is 15.9 Å². The lowest BCUT2D eigenvalue weighted by Gasteiger charge is -2.12. The highest BCUT2D eigenvalue weighted by Crippen LogP contribution is 2.29. The van der Waals surface area contributed by atoms with E-state index in [1.807, 2.05) is 0 Å². The van der Waals surface area contributed by atoms with Crippen molar-refractivity contribution in [2.24, 2.45) is 0 Å². The van der Waals surface area contributed by atoms with Crippen LogP contribution in [0.4, 0.5) is 0 Å². The first kappa shape index (κ1) is 11.5. The number of nitrogens with zero attached hydrogens (tertiary/aromatic N) is 1. The van der Waals surface area contributed by atoms with Gasteiger partial charge in [-0.15, -0.1) is 0 Å². The van der Waals surface area contributed by atoms with E-state index in [1.54, 1.807) is 0 Å². The van der Waals surface area contributed by atoms with Crippen LogP contribution in [0.1, 0.15) is 15.9 Å². The number of ketones is 2. The van der Waals surface area contributed by atoms with E-state index in [2.05, 4.69) is 15.9 Å². The molecule has 0 saturated heterocycles. The number of carbonyl (C=O) groups is 2. The number of halogens is 1. The van der Waals surface area contributed by atoms with Crippen LogP contribution in [0.3, 0.4) is 0 Å². The highest BCUT2D eigenvalue weighted by molar-refractivity contribution is 9.10. The number of fused-ring (bicyclic) bond motifs is 1. The summed E-state index contributed by atoms with van der Waals surface area (Å²) in [5, 5.41) is 20.2. The molecule has 1 aliphatic rings. The molecule has 0 unspecified atom stereocenters. The molecule has 17 heavy (non-hydrogen) atoms. The molecule has 0 fully saturated rings. The zero-order valence-corrected chi connectivity index (χ0v) is 9.72. The van der Waals surface area contributed by atoms with Gasteiger partial charge >= 0.3 is 11.5 Å². The summed E-state index contributed by atoms with van der Waals surface area (Å²) in [7, 11) is 0. The Hall–Kier alpha value is -2.02. The third-order valence-corrected chi connectivity index (χ3v) is 2.80. The van der Waals surface area contributed by atoms with E-state index < -0.39 is 27.9 Å². The molecule has 1 N–H and O–H groups in total. The van der Waals surface area contributed by atoms with Gasteiger partial charge in [-0.2, -0.15) is 0 Å². The summed E-state index contributed by atoms with van der Waals surface area (Å²) in [6.07, 6.45) is 0. The standard InChI is InChI=1S/C10H4BrNO5/c11-4-1-2-5-6(3-4)9(14)10(15)7(8(5)13)12(16)17/h1-3,13H. The fourth-order valence-corrected chi connectivity index (χ4v) is 1.91. The summed E-state index contributed by atoms with van der Waals surface area (Å²) >= 11 is 3.11. The summed E-state index contributed by atoms with van der Waals surface area (Å²) in [6.45, 7) is 0. The van der Waals surface area contributed by atoms with Crippen molar-refractivity contribution in [3.05, 3.63) is 49.6 Å². The highest BCUT2D eigenvalue weighted by Gasteiger charge is 2.40. The molecule has 1 aromatic rings. The Kier molecular flexibility index (Phi) is 2.55. The van der Waals surface area contributed by atoms with E-state index in [0.717, 1.165) is 0 Å². The van der Waals surface area contributed by atoms with Crippen molar-refractivity contribution in [1.29, 1.82) is 0 Å². The second kappa shape index (κ2) is 3.77. The summed E-state index contributed by atoms with van der Waals surface area (Å²) in [5.74, 6) is -3.08. The van der Waals surface area contributed by atoms with Gasteiger partial charge in [0.05, 0.1) is 4.92 Å². The predicted octanol–water partition coefficient (Wildman–Crippen LogP) is 1.72. The second-order valence-corrected chi connectivity index (χ2v) is 4.22. The van der Waals surface area contributed by atoms with Gasteiger partial charge in [0.2, 0.25) is 11.5 Å². The number of hydrogen-bond acceptors (Lipinski definition) is 5. The molecule has 0 spiro atoms. The number of benzene rings is 1. The molecule has 0 radical (unpaired) electrons. The number of rotatable bonds is 1. The maximum absolute atomic E-state index is 11.6. The molecule has 0 aromatic heterocycles. The van der Waals surface area contributed by atoms with Crippen LogP contribution in [-0.2, 0) is 4.79 Å². The molecule has 7 heteroatoms. The van der Waals surface area contributed by atoms with Crippen molar-refractivity contribution in [3.8, 4) is 0 Å². The minimum Gasteiger partial charge on any atom is -0.502 e. The molecule has 0 atom stereocenters. The molecule has 2 rings (SSSR count). The molecular weight excluding hydrogens is 294 g/mol. The Balaban J connectivity index is 2.79. The quantitative estimate of drug-likeness (QED) is 0.483. The molecule has 0 aliphatic heterocycles. The van der Waals surface area contributed by atoms with Crippen molar-refractivity contribution < 1.29 is 19.6 Å². The minimum absolute atomic E-state index is 0.00972. The zero-order chi connectivity index (χ0) is 12.7. The Bertz CT molecular complexity index is 605. The molecule has 0 amide bonds.